The van der Waals surface area contributed by atoms with Crippen molar-refractivity contribution >= 4 is 23.5 Å². The van der Waals surface area contributed by atoms with E-state index in [0.717, 1.165) is 5.56 Å². The Kier molecular flexibility index (Phi) is 7.16. The molecule has 0 radical (unpaired) electrons. The predicted octanol–water partition coefficient (Wildman–Crippen LogP) is 3.86. The standard InChI is InChI=1S/C20H21ClFNO3/c1-14(20(25)26-2)12-23(13-16-5-3-4-6-18(16)21)19(24)11-15-7-9-17(22)10-8-15/h3-10,14H,11-13H2,1-2H3. The fourth-order valence-corrected chi connectivity index (χ4v) is 2.78. The first-order valence-corrected chi connectivity index (χ1v) is 8.62. The molecule has 138 valence electrons. The highest BCUT2D eigenvalue weighted by atomic mass is 35.5. The number of nitrogens with zero attached hydrogens (tertiary/aromatic N) is 1. The average Bonchev–Trinajstić information content (AvgIpc) is 2.63. The Morgan fingerprint density at radius 2 is 1.81 bits per heavy atom. The molecule has 0 heterocycles. The van der Waals surface area contributed by atoms with Crippen molar-refractivity contribution in [3.05, 3.63) is 70.5 Å². The Morgan fingerprint density at radius 1 is 1.15 bits per heavy atom. The Labute approximate surface area is 157 Å². The SMILES string of the molecule is COC(=O)C(C)CN(Cc1ccccc1Cl)C(=O)Cc1ccc(F)cc1. The van der Waals surface area contributed by atoms with E-state index in [0.29, 0.717) is 10.6 Å². The van der Waals surface area contributed by atoms with E-state index in [1.54, 1.807) is 30.0 Å². The van der Waals surface area contributed by atoms with Gasteiger partial charge in [0.25, 0.3) is 0 Å². The van der Waals surface area contributed by atoms with Crippen molar-refractivity contribution in [3.8, 4) is 0 Å². The highest BCUT2D eigenvalue weighted by molar-refractivity contribution is 6.31. The van der Waals surface area contributed by atoms with Crippen molar-refractivity contribution in [1.29, 1.82) is 0 Å². The first kappa shape index (κ1) is 19.9. The molecule has 1 atom stereocenters. The summed E-state index contributed by atoms with van der Waals surface area (Å²) in [4.78, 5) is 26.1. The molecule has 0 N–H and O–H groups in total. The van der Waals surface area contributed by atoms with Gasteiger partial charge in [-0.25, -0.2) is 4.39 Å². The normalized spacial score (nSPS) is 11.7. The summed E-state index contributed by atoms with van der Waals surface area (Å²) in [5.74, 6) is -1.39. The van der Waals surface area contributed by atoms with Gasteiger partial charge in [0.1, 0.15) is 5.82 Å². The van der Waals surface area contributed by atoms with E-state index in [4.69, 9.17) is 16.3 Å². The monoisotopic (exact) mass is 377 g/mol. The highest BCUT2D eigenvalue weighted by Gasteiger charge is 2.22. The molecular formula is C20H21ClFNO3. The molecule has 0 bridgehead atoms. The van der Waals surface area contributed by atoms with Crippen LogP contribution in [0.1, 0.15) is 18.1 Å². The second-order valence-electron chi connectivity index (χ2n) is 6.09. The largest absolute Gasteiger partial charge is 0.469 e. The Hall–Kier alpha value is -2.40. The van der Waals surface area contributed by atoms with E-state index < -0.39 is 5.92 Å². The number of carbonyl (C=O) groups is 2. The number of benzene rings is 2. The van der Waals surface area contributed by atoms with Crippen LogP contribution in [0.3, 0.4) is 0 Å². The second-order valence-corrected chi connectivity index (χ2v) is 6.50. The molecule has 26 heavy (non-hydrogen) atoms. The van der Waals surface area contributed by atoms with E-state index in [1.807, 2.05) is 18.2 Å². The van der Waals surface area contributed by atoms with Crippen molar-refractivity contribution < 1.29 is 18.7 Å². The van der Waals surface area contributed by atoms with E-state index in [1.165, 1.54) is 19.2 Å². The zero-order valence-corrected chi connectivity index (χ0v) is 15.5. The molecule has 2 aromatic carbocycles. The number of ether oxygens (including phenoxy) is 1. The molecule has 0 saturated heterocycles. The van der Waals surface area contributed by atoms with Crippen LogP contribution in [0.5, 0.6) is 0 Å². The lowest BCUT2D eigenvalue weighted by Gasteiger charge is -2.26. The van der Waals surface area contributed by atoms with Gasteiger partial charge < -0.3 is 9.64 Å². The van der Waals surface area contributed by atoms with Gasteiger partial charge in [-0.05, 0) is 29.3 Å². The van der Waals surface area contributed by atoms with Crippen LogP contribution in [0.15, 0.2) is 48.5 Å². The van der Waals surface area contributed by atoms with Gasteiger partial charge in [0.15, 0.2) is 0 Å². The maximum Gasteiger partial charge on any atom is 0.310 e. The van der Waals surface area contributed by atoms with Crippen LogP contribution in [0.4, 0.5) is 4.39 Å². The third-order valence-electron chi connectivity index (χ3n) is 4.04. The third kappa shape index (κ3) is 5.56. The number of esters is 1. The molecule has 0 fully saturated rings. The van der Waals surface area contributed by atoms with Crippen LogP contribution < -0.4 is 0 Å². The topological polar surface area (TPSA) is 46.6 Å². The minimum atomic E-state index is -0.473. The number of hydrogen-bond acceptors (Lipinski definition) is 3. The summed E-state index contributed by atoms with van der Waals surface area (Å²) in [5.41, 5.74) is 1.49. The smallest absolute Gasteiger partial charge is 0.310 e. The van der Waals surface area contributed by atoms with E-state index >= 15 is 0 Å². The van der Waals surface area contributed by atoms with Crippen LogP contribution in [0, 0.1) is 11.7 Å². The van der Waals surface area contributed by atoms with E-state index in [-0.39, 0.29) is 37.2 Å². The molecule has 1 amide bonds. The summed E-state index contributed by atoms with van der Waals surface area (Å²) in [6.45, 7) is 2.19. The molecular weight excluding hydrogens is 357 g/mol. The highest BCUT2D eigenvalue weighted by Crippen LogP contribution is 2.19. The Morgan fingerprint density at radius 3 is 2.42 bits per heavy atom. The summed E-state index contributed by atoms with van der Waals surface area (Å²) >= 11 is 6.21. The molecule has 2 rings (SSSR count). The van der Waals surface area contributed by atoms with Crippen molar-refractivity contribution in [3.63, 3.8) is 0 Å². The minimum absolute atomic E-state index is 0.110. The van der Waals surface area contributed by atoms with Crippen LogP contribution in [0.25, 0.3) is 0 Å². The number of methoxy groups -OCH3 is 1. The summed E-state index contributed by atoms with van der Waals surface area (Å²) in [6, 6.07) is 13.0. The van der Waals surface area contributed by atoms with Gasteiger partial charge in [-0.3, -0.25) is 9.59 Å². The van der Waals surface area contributed by atoms with Crippen molar-refractivity contribution in [1.82, 2.24) is 4.90 Å². The molecule has 2 aromatic rings. The van der Waals surface area contributed by atoms with Gasteiger partial charge in [-0.15, -0.1) is 0 Å². The molecule has 0 spiro atoms. The Bertz CT molecular complexity index is 764. The van der Waals surface area contributed by atoms with Crippen LogP contribution in [-0.4, -0.2) is 30.4 Å². The molecule has 0 aliphatic heterocycles. The van der Waals surface area contributed by atoms with E-state index in [9.17, 15) is 14.0 Å². The maximum atomic E-state index is 13.1. The second kappa shape index (κ2) is 9.34. The first-order chi connectivity index (χ1) is 12.4. The lowest BCUT2D eigenvalue weighted by atomic mass is 10.1. The van der Waals surface area contributed by atoms with Gasteiger partial charge in [0, 0.05) is 18.1 Å². The Balaban J connectivity index is 2.18. The minimum Gasteiger partial charge on any atom is -0.469 e. The first-order valence-electron chi connectivity index (χ1n) is 8.24. The predicted molar refractivity (Wildman–Crippen MR) is 98.2 cm³/mol. The van der Waals surface area contributed by atoms with Crippen molar-refractivity contribution in [2.75, 3.05) is 13.7 Å². The van der Waals surface area contributed by atoms with Crippen LogP contribution in [-0.2, 0) is 27.3 Å². The van der Waals surface area contributed by atoms with Gasteiger partial charge >= 0.3 is 5.97 Å². The average molecular weight is 378 g/mol. The molecule has 4 nitrogen and oxygen atoms in total. The maximum absolute atomic E-state index is 13.1. The number of carbonyl (C=O) groups excluding carboxylic acids is 2. The summed E-state index contributed by atoms with van der Waals surface area (Å²) in [5, 5.41) is 0.554. The summed E-state index contributed by atoms with van der Waals surface area (Å²) in [6.07, 6.45) is 0.110. The fraction of sp³-hybridized carbons (Fsp3) is 0.300. The van der Waals surface area contributed by atoms with E-state index in [2.05, 4.69) is 0 Å². The molecule has 0 aliphatic rings. The number of hydrogen-bond donors (Lipinski definition) is 0. The quantitative estimate of drug-likeness (QED) is 0.688. The lowest BCUT2D eigenvalue weighted by molar-refractivity contribution is -0.146. The van der Waals surface area contributed by atoms with Gasteiger partial charge in [-0.1, -0.05) is 48.9 Å². The molecule has 0 aromatic heterocycles. The molecule has 0 saturated carbocycles. The van der Waals surface area contributed by atoms with Crippen LogP contribution >= 0.6 is 11.6 Å². The number of amides is 1. The number of halogens is 2. The lowest BCUT2D eigenvalue weighted by Crippen LogP contribution is -2.37. The zero-order valence-electron chi connectivity index (χ0n) is 14.7. The fourth-order valence-electron chi connectivity index (χ4n) is 2.58. The van der Waals surface area contributed by atoms with Crippen LogP contribution in [0.2, 0.25) is 5.02 Å². The third-order valence-corrected chi connectivity index (χ3v) is 4.41. The van der Waals surface area contributed by atoms with Crippen molar-refractivity contribution in [2.45, 2.75) is 19.9 Å². The number of rotatable bonds is 7. The molecule has 0 aliphatic carbocycles. The van der Waals surface area contributed by atoms with Gasteiger partial charge in [0.2, 0.25) is 5.91 Å². The summed E-state index contributed by atoms with van der Waals surface area (Å²) < 4.78 is 17.8. The molecule has 6 heteroatoms. The van der Waals surface area contributed by atoms with Gasteiger partial charge in [0.05, 0.1) is 19.4 Å². The van der Waals surface area contributed by atoms with Crippen molar-refractivity contribution in [2.24, 2.45) is 5.92 Å². The molecule has 1 unspecified atom stereocenters. The zero-order chi connectivity index (χ0) is 19.1. The summed E-state index contributed by atoms with van der Waals surface area (Å²) in [7, 11) is 1.32. The van der Waals surface area contributed by atoms with Gasteiger partial charge in [-0.2, -0.15) is 0 Å².